The molecule has 110 valence electrons. The van der Waals surface area contributed by atoms with E-state index in [0.717, 1.165) is 25.0 Å². The molecule has 0 amide bonds. The summed E-state index contributed by atoms with van der Waals surface area (Å²) >= 11 is 0. The van der Waals surface area contributed by atoms with Crippen LogP contribution in [0.25, 0.3) is 11.0 Å². The molecule has 0 radical (unpaired) electrons. The van der Waals surface area contributed by atoms with Crippen molar-refractivity contribution in [2.75, 3.05) is 13.1 Å². The Morgan fingerprint density at radius 3 is 2.50 bits per heavy atom. The van der Waals surface area contributed by atoms with Crippen LogP contribution >= 0.6 is 0 Å². The van der Waals surface area contributed by atoms with Gasteiger partial charge in [0.05, 0.1) is 17.4 Å². The van der Waals surface area contributed by atoms with E-state index in [-0.39, 0.29) is 0 Å². The second kappa shape index (κ2) is 6.40. The van der Waals surface area contributed by atoms with Crippen LogP contribution in [0.1, 0.15) is 44.4 Å². The van der Waals surface area contributed by atoms with Crippen molar-refractivity contribution in [2.45, 2.75) is 47.1 Å². The molecule has 1 N–H and O–H groups in total. The van der Waals surface area contributed by atoms with Crippen LogP contribution in [-0.4, -0.2) is 22.6 Å². The van der Waals surface area contributed by atoms with Crippen molar-refractivity contribution in [1.29, 1.82) is 0 Å². The Balaban J connectivity index is 2.23. The SMILES string of the molecule is CCC(CNCC(C)C)n1cnc2cc(C)c(C)cc21. The first-order valence-corrected chi connectivity index (χ1v) is 7.67. The van der Waals surface area contributed by atoms with Crippen LogP contribution in [-0.2, 0) is 0 Å². The highest BCUT2D eigenvalue weighted by atomic mass is 15.1. The van der Waals surface area contributed by atoms with Gasteiger partial charge in [-0.25, -0.2) is 4.98 Å². The molecule has 0 fully saturated rings. The number of imidazole rings is 1. The van der Waals surface area contributed by atoms with Crippen LogP contribution in [0.5, 0.6) is 0 Å². The number of nitrogens with one attached hydrogen (secondary N) is 1. The average Bonchev–Trinajstić information content (AvgIpc) is 2.78. The van der Waals surface area contributed by atoms with Crippen LogP contribution in [0.2, 0.25) is 0 Å². The van der Waals surface area contributed by atoms with Gasteiger partial charge < -0.3 is 9.88 Å². The molecule has 0 spiro atoms. The predicted octanol–water partition coefficient (Wildman–Crippen LogP) is 3.85. The van der Waals surface area contributed by atoms with E-state index in [4.69, 9.17) is 0 Å². The zero-order valence-electron chi connectivity index (χ0n) is 13.4. The summed E-state index contributed by atoms with van der Waals surface area (Å²) in [6.45, 7) is 13.1. The summed E-state index contributed by atoms with van der Waals surface area (Å²) in [5, 5.41) is 3.57. The lowest BCUT2D eigenvalue weighted by atomic mass is 10.1. The van der Waals surface area contributed by atoms with Crippen molar-refractivity contribution in [3.63, 3.8) is 0 Å². The van der Waals surface area contributed by atoms with Crippen LogP contribution in [0.15, 0.2) is 18.5 Å². The molecule has 1 heterocycles. The number of hydrogen-bond acceptors (Lipinski definition) is 2. The third-order valence-corrected chi connectivity index (χ3v) is 3.99. The molecule has 20 heavy (non-hydrogen) atoms. The molecule has 0 aliphatic rings. The minimum absolute atomic E-state index is 0.473. The minimum atomic E-state index is 0.473. The van der Waals surface area contributed by atoms with Gasteiger partial charge in [-0.2, -0.15) is 0 Å². The number of rotatable bonds is 6. The molecule has 2 rings (SSSR count). The molecule has 0 aliphatic heterocycles. The summed E-state index contributed by atoms with van der Waals surface area (Å²) in [6.07, 6.45) is 3.11. The molecular weight excluding hydrogens is 246 g/mol. The topological polar surface area (TPSA) is 29.9 Å². The highest BCUT2D eigenvalue weighted by molar-refractivity contribution is 5.77. The fourth-order valence-electron chi connectivity index (χ4n) is 2.55. The van der Waals surface area contributed by atoms with Crippen molar-refractivity contribution in [3.8, 4) is 0 Å². The zero-order valence-corrected chi connectivity index (χ0v) is 13.4. The number of aryl methyl sites for hydroxylation is 2. The first-order valence-electron chi connectivity index (χ1n) is 7.67. The smallest absolute Gasteiger partial charge is 0.0961 e. The second-order valence-corrected chi connectivity index (χ2v) is 6.19. The summed E-state index contributed by atoms with van der Waals surface area (Å²) in [4.78, 5) is 4.57. The molecule has 0 saturated heterocycles. The molecule has 3 nitrogen and oxygen atoms in total. The van der Waals surface area contributed by atoms with Gasteiger partial charge in [-0.05, 0) is 56.0 Å². The molecule has 1 aromatic carbocycles. The summed E-state index contributed by atoms with van der Waals surface area (Å²) in [6, 6.07) is 4.93. The van der Waals surface area contributed by atoms with Gasteiger partial charge in [0.1, 0.15) is 0 Å². The van der Waals surface area contributed by atoms with Gasteiger partial charge in [0.2, 0.25) is 0 Å². The Hall–Kier alpha value is -1.35. The first-order chi connectivity index (χ1) is 9.52. The molecule has 1 unspecified atom stereocenters. The Bertz CT molecular complexity index is 569. The molecule has 3 heteroatoms. The predicted molar refractivity (Wildman–Crippen MR) is 86.2 cm³/mol. The molecule has 2 aromatic rings. The fourth-order valence-corrected chi connectivity index (χ4v) is 2.55. The van der Waals surface area contributed by atoms with E-state index in [1.54, 1.807) is 0 Å². The maximum Gasteiger partial charge on any atom is 0.0961 e. The molecular formula is C17H27N3. The first kappa shape index (κ1) is 15.0. The van der Waals surface area contributed by atoms with Crippen molar-refractivity contribution in [3.05, 3.63) is 29.6 Å². The van der Waals surface area contributed by atoms with Crippen molar-refractivity contribution in [2.24, 2.45) is 5.92 Å². The number of hydrogen-bond donors (Lipinski definition) is 1. The van der Waals surface area contributed by atoms with Gasteiger partial charge in [-0.3, -0.25) is 0 Å². The third-order valence-electron chi connectivity index (χ3n) is 3.99. The highest BCUT2D eigenvalue weighted by Gasteiger charge is 2.13. The molecule has 0 aliphatic carbocycles. The highest BCUT2D eigenvalue weighted by Crippen LogP contribution is 2.22. The van der Waals surface area contributed by atoms with Crippen molar-refractivity contribution < 1.29 is 0 Å². The van der Waals surface area contributed by atoms with E-state index < -0.39 is 0 Å². The third kappa shape index (κ3) is 3.21. The monoisotopic (exact) mass is 273 g/mol. The van der Waals surface area contributed by atoms with Crippen LogP contribution in [0.4, 0.5) is 0 Å². The minimum Gasteiger partial charge on any atom is -0.326 e. The average molecular weight is 273 g/mol. The normalized spacial score (nSPS) is 13.3. The Kier molecular flexibility index (Phi) is 4.81. The lowest BCUT2D eigenvalue weighted by Crippen LogP contribution is -2.27. The molecule has 1 atom stereocenters. The van der Waals surface area contributed by atoms with E-state index >= 15 is 0 Å². The summed E-state index contributed by atoms with van der Waals surface area (Å²) in [5.74, 6) is 0.692. The zero-order chi connectivity index (χ0) is 14.7. The number of benzene rings is 1. The maximum atomic E-state index is 4.57. The summed E-state index contributed by atoms with van der Waals surface area (Å²) in [5.41, 5.74) is 5.01. The van der Waals surface area contributed by atoms with Crippen LogP contribution in [0.3, 0.4) is 0 Å². The van der Waals surface area contributed by atoms with Gasteiger partial charge >= 0.3 is 0 Å². The number of nitrogens with zero attached hydrogens (tertiary/aromatic N) is 2. The number of fused-ring (bicyclic) bond motifs is 1. The van der Waals surface area contributed by atoms with Gasteiger partial charge in [0.25, 0.3) is 0 Å². The fraction of sp³-hybridized carbons (Fsp3) is 0.588. The van der Waals surface area contributed by atoms with Crippen LogP contribution in [0, 0.1) is 19.8 Å². The quantitative estimate of drug-likeness (QED) is 0.866. The van der Waals surface area contributed by atoms with Crippen LogP contribution < -0.4 is 5.32 Å². The summed E-state index contributed by atoms with van der Waals surface area (Å²) in [7, 11) is 0. The second-order valence-electron chi connectivity index (χ2n) is 6.19. The van der Waals surface area contributed by atoms with E-state index in [0.29, 0.717) is 12.0 Å². The molecule has 0 saturated carbocycles. The lowest BCUT2D eigenvalue weighted by molar-refractivity contribution is 0.436. The number of aromatic nitrogens is 2. The van der Waals surface area contributed by atoms with Crippen molar-refractivity contribution >= 4 is 11.0 Å². The van der Waals surface area contributed by atoms with Crippen molar-refractivity contribution in [1.82, 2.24) is 14.9 Å². The Morgan fingerprint density at radius 1 is 1.15 bits per heavy atom. The summed E-state index contributed by atoms with van der Waals surface area (Å²) < 4.78 is 2.33. The van der Waals surface area contributed by atoms with Gasteiger partial charge in [0.15, 0.2) is 0 Å². The Morgan fingerprint density at radius 2 is 1.85 bits per heavy atom. The van der Waals surface area contributed by atoms with Gasteiger partial charge in [-0.15, -0.1) is 0 Å². The maximum absolute atomic E-state index is 4.57. The standard InChI is InChI=1S/C17H27N3/c1-6-15(10-18-9-12(2)3)20-11-19-16-7-13(4)14(5)8-17(16)20/h7-8,11-12,15,18H,6,9-10H2,1-5H3. The van der Waals surface area contributed by atoms with E-state index in [2.05, 4.69) is 61.6 Å². The molecule has 0 bridgehead atoms. The van der Waals surface area contributed by atoms with E-state index in [9.17, 15) is 0 Å². The largest absolute Gasteiger partial charge is 0.326 e. The molecule has 1 aromatic heterocycles. The van der Waals surface area contributed by atoms with E-state index in [1.807, 2.05) is 6.33 Å². The lowest BCUT2D eigenvalue weighted by Gasteiger charge is -2.19. The Labute approximate surface area is 122 Å². The van der Waals surface area contributed by atoms with E-state index in [1.165, 1.54) is 16.6 Å². The van der Waals surface area contributed by atoms with Gasteiger partial charge in [0, 0.05) is 12.6 Å². The van der Waals surface area contributed by atoms with Gasteiger partial charge in [-0.1, -0.05) is 20.8 Å².